The Kier molecular flexibility index (Phi) is 2.45. The van der Waals surface area contributed by atoms with E-state index in [1.54, 1.807) is 6.20 Å². The summed E-state index contributed by atoms with van der Waals surface area (Å²) in [5.41, 5.74) is 1.10. The van der Waals surface area contributed by atoms with Crippen LogP contribution in [-0.2, 0) is 13.0 Å². The lowest BCUT2D eigenvalue weighted by Gasteiger charge is -1.90. The molecule has 0 aliphatic rings. The fourth-order valence-electron chi connectivity index (χ4n) is 0.838. The van der Waals surface area contributed by atoms with Gasteiger partial charge in [0.1, 0.15) is 0 Å². The molecule has 1 aromatic rings. The molecule has 0 aliphatic heterocycles. The summed E-state index contributed by atoms with van der Waals surface area (Å²) in [5, 5.41) is 12.6. The highest BCUT2D eigenvalue weighted by atomic mass is 16.2. The Morgan fingerprint density at radius 1 is 1.70 bits per heavy atom. The Bertz CT molecular complexity index is 195. The Morgan fingerprint density at radius 3 is 3.00 bits per heavy atom. The minimum atomic E-state index is 0.204. The Labute approximate surface area is 60.3 Å². The molecule has 0 amide bonds. The molecule has 10 heavy (non-hydrogen) atoms. The number of aryl methyl sites for hydroxylation is 1. The molecule has 1 N–H and O–H groups in total. The molecule has 1 aromatic heterocycles. The lowest BCUT2D eigenvalue weighted by Crippen LogP contribution is -1.92. The van der Waals surface area contributed by atoms with Crippen LogP contribution in [0.15, 0.2) is 12.4 Å². The van der Waals surface area contributed by atoms with Crippen LogP contribution in [0.4, 0.5) is 0 Å². The normalized spacial score (nSPS) is 10.2. The van der Waals surface area contributed by atoms with Crippen LogP contribution in [-0.4, -0.2) is 21.5 Å². The standard InChI is InChI=1S/C7H12N2O/c1-2-9-6-7(3-4-10)5-8-9/h5-6,10H,2-4H2,1H3. The van der Waals surface area contributed by atoms with Gasteiger partial charge in [0.05, 0.1) is 6.20 Å². The van der Waals surface area contributed by atoms with Crippen LogP contribution in [0.1, 0.15) is 12.5 Å². The Balaban J connectivity index is 2.59. The van der Waals surface area contributed by atoms with Crippen molar-refractivity contribution in [3.63, 3.8) is 0 Å². The largest absolute Gasteiger partial charge is 0.396 e. The van der Waals surface area contributed by atoms with Gasteiger partial charge in [-0.15, -0.1) is 0 Å². The number of aliphatic hydroxyl groups excluding tert-OH is 1. The first kappa shape index (κ1) is 7.28. The van der Waals surface area contributed by atoms with E-state index in [9.17, 15) is 0 Å². The lowest BCUT2D eigenvalue weighted by atomic mass is 10.3. The Morgan fingerprint density at radius 2 is 2.50 bits per heavy atom. The zero-order chi connectivity index (χ0) is 7.40. The molecule has 1 heterocycles. The average Bonchev–Trinajstić information content (AvgIpc) is 2.37. The van der Waals surface area contributed by atoms with E-state index in [1.807, 2.05) is 17.8 Å². The van der Waals surface area contributed by atoms with Crippen molar-refractivity contribution in [1.82, 2.24) is 9.78 Å². The van der Waals surface area contributed by atoms with Crippen LogP contribution in [0.2, 0.25) is 0 Å². The van der Waals surface area contributed by atoms with E-state index in [1.165, 1.54) is 0 Å². The van der Waals surface area contributed by atoms with Crippen molar-refractivity contribution in [1.29, 1.82) is 0 Å². The first-order valence-corrected chi connectivity index (χ1v) is 3.49. The second-order valence-corrected chi connectivity index (χ2v) is 2.18. The Hall–Kier alpha value is -0.830. The van der Waals surface area contributed by atoms with Gasteiger partial charge in [-0.1, -0.05) is 0 Å². The third-order valence-corrected chi connectivity index (χ3v) is 1.41. The summed E-state index contributed by atoms with van der Waals surface area (Å²) in [6, 6.07) is 0. The molecule has 0 spiro atoms. The van der Waals surface area contributed by atoms with Gasteiger partial charge in [-0.05, 0) is 18.9 Å². The zero-order valence-corrected chi connectivity index (χ0v) is 6.12. The second-order valence-electron chi connectivity index (χ2n) is 2.18. The fraction of sp³-hybridized carbons (Fsp3) is 0.571. The molecule has 1 rings (SSSR count). The molecule has 56 valence electrons. The summed E-state index contributed by atoms with van der Waals surface area (Å²) in [7, 11) is 0. The highest BCUT2D eigenvalue weighted by molar-refractivity contribution is 5.03. The number of aromatic nitrogens is 2. The monoisotopic (exact) mass is 140 g/mol. The number of aliphatic hydroxyl groups is 1. The van der Waals surface area contributed by atoms with Crippen LogP contribution in [0.3, 0.4) is 0 Å². The highest BCUT2D eigenvalue weighted by Crippen LogP contribution is 1.97. The van der Waals surface area contributed by atoms with E-state index < -0.39 is 0 Å². The van der Waals surface area contributed by atoms with E-state index in [4.69, 9.17) is 5.11 Å². The van der Waals surface area contributed by atoms with Crippen LogP contribution in [0.25, 0.3) is 0 Å². The number of rotatable bonds is 3. The minimum absolute atomic E-state index is 0.204. The molecule has 0 saturated carbocycles. The minimum Gasteiger partial charge on any atom is -0.396 e. The van der Waals surface area contributed by atoms with Crippen molar-refractivity contribution in [2.75, 3.05) is 6.61 Å². The molecule has 0 bridgehead atoms. The van der Waals surface area contributed by atoms with Crippen LogP contribution >= 0.6 is 0 Å². The number of hydrogen-bond donors (Lipinski definition) is 1. The van der Waals surface area contributed by atoms with Gasteiger partial charge < -0.3 is 5.11 Å². The van der Waals surface area contributed by atoms with Gasteiger partial charge in [-0.3, -0.25) is 4.68 Å². The fourth-order valence-corrected chi connectivity index (χ4v) is 0.838. The third kappa shape index (κ3) is 1.57. The molecular formula is C7H12N2O. The van der Waals surface area contributed by atoms with Crippen molar-refractivity contribution < 1.29 is 5.11 Å². The second kappa shape index (κ2) is 3.37. The van der Waals surface area contributed by atoms with Gasteiger partial charge in [0.25, 0.3) is 0 Å². The van der Waals surface area contributed by atoms with Gasteiger partial charge in [-0.2, -0.15) is 5.10 Å². The molecule has 0 radical (unpaired) electrons. The van der Waals surface area contributed by atoms with Crippen LogP contribution in [0.5, 0.6) is 0 Å². The first-order chi connectivity index (χ1) is 4.86. The number of nitrogens with zero attached hydrogens (tertiary/aromatic N) is 2. The summed E-state index contributed by atoms with van der Waals surface area (Å²) >= 11 is 0. The van der Waals surface area contributed by atoms with E-state index in [-0.39, 0.29) is 6.61 Å². The zero-order valence-electron chi connectivity index (χ0n) is 6.12. The van der Waals surface area contributed by atoms with Crippen molar-refractivity contribution in [2.24, 2.45) is 0 Å². The first-order valence-electron chi connectivity index (χ1n) is 3.49. The SMILES string of the molecule is CCn1cc(CCO)cn1. The topological polar surface area (TPSA) is 38.0 Å². The van der Waals surface area contributed by atoms with E-state index in [2.05, 4.69) is 5.10 Å². The maximum atomic E-state index is 8.56. The van der Waals surface area contributed by atoms with Gasteiger partial charge in [0, 0.05) is 19.3 Å². The van der Waals surface area contributed by atoms with Crippen LogP contribution < -0.4 is 0 Å². The third-order valence-electron chi connectivity index (χ3n) is 1.41. The van der Waals surface area contributed by atoms with Crippen molar-refractivity contribution in [3.05, 3.63) is 18.0 Å². The molecule has 0 fully saturated rings. The predicted octanol–water partition coefficient (Wildman–Crippen LogP) is 0.438. The molecule has 0 aromatic carbocycles. The summed E-state index contributed by atoms with van der Waals surface area (Å²) < 4.78 is 1.85. The van der Waals surface area contributed by atoms with Gasteiger partial charge in [0.2, 0.25) is 0 Å². The molecule has 3 nitrogen and oxygen atoms in total. The van der Waals surface area contributed by atoms with Crippen molar-refractivity contribution in [2.45, 2.75) is 19.9 Å². The molecule has 3 heteroatoms. The maximum Gasteiger partial charge on any atom is 0.0522 e. The van der Waals surface area contributed by atoms with Gasteiger partial charge >= 0.3 is 0 Å². The van der Waals surface area contributed by atoms with Gasteiger partial charge in [-0.25, -0.2) is 0 Å². The predicted molar refractivity (Wildman–Crippen MR) is 38.7 cm³/mol. The van der Waals surface area contributed by atoms with Crippen molar-refractivity contribution in [3.8, 4) is 0 Å². The quantitative estimate of drug-likeness (QED) is 0.661. The van der Waals surface area contributed by atoms with E-state index in [0.29, 0.717) is 6.42 Å². The molecule has 0 unspecified atom stereocenters. The highest BCUT2D eigenvalue weighted by Gasteiger charge is 1.94. The summed E-state index contributed by atoms with van der Waals surface area (Å²) in [6.45, 7) is 3.14. The number of hydrogen-bond acceptors (Lipinski definition) is 2. The van der Waals surface area contributed by atoms with E-state index in [0.717, 1.165) is 12.1 Å². The van der Waals surface area contributed by atoms with E-state index >= 15 is 0 Å². The van der Waals surface area contributed by atoms with Gasteiger partial charge in [0.15, 0.2) is 0 Å². The molecular weight excluding hydrogens is 128 g/mol. The maximum absolute atomic E-state index is 8.56. The molecule has 0 atom stereocenters. The summed E-state index contributed by atoms with van der Waals surface area (Å²) in [5.74, 6) is 0. The summed E-state index contributed by atoms with van der Waals surface area (Å²) in [4.78, 5) is 0. The molecule has 0 aliphatic carbocycles. The van der Waals surface area contributed by atoms with Crippen LogP contribution in [0, 0.1) is 0 Å². The lowest BCUT2D eigenvalue weighted by molar-refractivity contribution is 0.299. The summed E-state index contributed by atoms with van der Waals surface area (Å²) in [6.07, 6.45) is 4.45. The molecule has 0 saturated heterocycles. The van der Waals surface area contributed by atoms with Crippen molar-refractivity contribution >= 4 is 0 Å². The average molecular weight is 140 g/mol. The smallest absolute Gasteiger partial charge is 0.0522 e.